The third kappa shape index (κ3) is 5.24. The average molecular weight is 422 g/mol. The average Bonchev–Trinajstić information content (AvgIpc) is 2.58. The summed E-state index contributed by atoms with van der Waals surface area (Å²) in [4.78, 5) is 10.7. The van der Waals surface area contributed by atoms with Gasteiger partial charge in [0.2, 0.25) is 0 Å². The van der Waals surface area contributed by atoms with Crippen LogP contribution < -0.4 is 10.0 Å². The maximum absolute atomic E-state index is 13.2. The lowest BCUT2D eigenvalue weighted by atomic mass is 9.85. The van der Waals surface area contributed by atoms with Crippen molar-refractivity contribution in [2.24, 2.45) is 0 Å². The quantitative estimate of drug-likeness (QED) is 0.463. The van der Waals surface area contributed by atoms with Crippen molar-refractivity contribution in [3.8, 4) is 0 Å². The molecule has 2 aromatic rings. The van der Waals surface area contributed by atoms with Crippen molar-refractivity contribution in [1.82, 2.24) is 0 Å². The van der Waals surface area contributed by atoms with Crippen LogP contribution in [-0.4, -0.2) is 31.6 Å². The summed E-state index contributed by atoms with van der Waals surface area (Å²) < 4.78 is 28.8. The summed E-state index contributed by atoms with van der Waals surface area (Å²) in [6.45, 7) is 9.62. The Bertz CT molecular complexity index is 1000. The van der Waals surface area contributed by atoms with E-state index < -0.39 is 14.9 Å². The number of non-ortho nitro benzene ring substituents is 1. The SMILES string of the molecule is Cc1cc(C(C)(C)C)cc(C)c1S(=O)(=O)Nc1cc([N+](=O)[O-])ccc1NCCO. The zero-order chi connectivity index (χ0) is 22.0. The van der Waals surface area contributed by atoms with E-state index in [2.05, 4.69) is 30.8 Å². The molecule has 0 fully saturated rings. The molecule has 0 heterocycles. The molecule has 158 valence electrons. The maximum Gasteiger partial charge on any atom is 0.271 e. The molecule has 0 aromatic heterocycles. The van der Waals surface area contributed by atoms with E-state index in [0.717, 1.165) is 11.6 Å². The van der Waals surface area contributed by atoms with Gasteiger partial charge in [-0.05, 0) is 42.0 Å². The summed E-state index contributed by atoms with van der Waals surface area (Å²) in [6.07, 6.45) is 0. The Hall–Kier alpha value is -2.65. The van der Waals surface area contributed by atoms with Gasteiger partial charge in [0.1, 0.15) is 0 Å². The molecule has 2 aromatic carbocycles. The Balaban J connectivity index is 2.53. The molecule has 0 aliphatic rings. The topological polar surface area (TPSA) is 122 Å². The molecule has 0 unspecified atom stereocenters. The van der Waals surface area contributed by atoms with E-state index in [1.165, 1.54) is 12.1 Å². The van der Waals surface area contributed by atoms with E-state index in [0.29, 0.717) is 16.8 Å². The number of rotatable bonds is 7. The lowest BCUT2D eigenvalue weighted by molar-refractivity contribution is -0.384. The summed E-state index contributed by atoms with van der Waals surface area (Å²) in [5.74, 6) is 0. The number of sulfonamides is 1. The molecule has 0 saturated carbocycles. The first kappa shape index (κ1) is 22.6. The van der Waals surface area contributed by atoms with Gasteiger partial charge in [0.05, 0.1) is 27.8 Å². The Kier molecular flexibility index (Phi) is 6.54. The normalized spacial score (nSPS) is 11.9. The molecule has 0 atom stereocenters. The zero-order valence-corrected chi connectivity index (χ0v) is 18.1. The van der Waals surface area contributed by atoms with Crippen molar-refractivity contribution < 1.29 is 18.4 Å². The maximum atomic E-state index is 13.2. The van der Waals surface area contributed by atoms with Gasteiger partial charge in [-0.15, -0.1) is 0 Å². The number of nitrogens with one attached hydrogen (secondary N) is 2. The molecule has 0 aliphatic carbocycles. The van der Waals surface area contributed by atoms with E-state index in [1.54, 1.807) is 13.8 Å². The minimum atomic E-state index is -4.00. The van der Waals surface area contributed by atoms with Gasteiger partial charge in [-0.2, -0.15) is 0 Å². The van der Waals surface area contributed by atoms with Crippen LogP contribution in [0.4, 0.5) is 17.1 Å². The summed E-state index contributed by atoms with van der Waals surface area (Å²) in [7, 11) is -4.00. The van der Waals surface area contributed by atoms with Crippen LogP contribution in [0.25, 0.3) is 0 Å². The zero-order valence-electron chi connectivity index (χ0n) is 17.2. The molecule has 2 rings (SSSR count). The lowest BCUT2D eigenvalue weighted by Gasteiger charge is -2.23. The molecular weight excluding hydrogens is 394 g/mol. The number of hydrogen-bond donors (Lipinski definition) is 3. The van der Waals surface area contributed by atoms with Crippen LogP contribution in [0, 0.1) is 24.0 Å². The second-order valence-corrected chi connectivity index (χ2v) is 9.55. The number of nitro groups is 1. The fourth-order valence-electron chi connectivity index (χ4n) is 3.08. The van der Waals surface area contributed by atoms with Gasteiger partial charge in [0.25, 0.3) is 15.7 Å². The van der Waals surface area contributed by atoms with Crippen LogP contribution in [0.1, 0.15) is 37.5 Å². The first-order valence-corrected chi connectivity index (χ1v) is 10.6. The fourth-order valence-corrected chi connectivity index (χ4v) is 4.60. The first-order valence-electron chi connectivity index (χ1n) is 9.14. The highest BCUT2D eigenvalue weighted by Crippen LogP contribution is 2.33. The van der Waals surface area contributed by atoms with Gasteiger partial charge in [0, 0.05) is 18.7 Å². The van der Waals surface area contributed by atoms with Crippen LogP contribution in [0.15, 0.2) is 35.2 Å². The molecule has 0 radical (unpaired) electrons. The Morgan fingerprint density at radius 3 is 2.14 bits per heavy atom. The Morgan fingerprint density at radius 1 is 1.07 bits per heavy atom. The smallest absolute Gasteiger partial charge is 0.271 e. The van der Waals surface area contributed by atoms with E-state index in [-0.39, 0.29) is 34.8 Å². The highest BCUT2D eigenvalue weighted by molar-refractivity contribution is 7.92. The molecule has 9 heteroatoms. The number of anilines is 2. The number of hydrogen-bond acceptors (Lipinski definition) is 6. The molecule has 0 spiro atoms. The van der Waals surface area contributed by atoms with Crippen molar-refractivity contribution >= 4 is 27.1 Å². The van der Waals surface area contributed by atoms with Gasteiger partial charge in [-0.1, -0.05) is 32.9 Å². The second kappa shape index (κ2) is 8.38. The molecule has 29 heavy (non-hydrogen) atoms. The number of aliphatic hydroxyl groups excluding tert-OH is 1. The monoisotopic (exact) mass is 421 g/mol. The van der Waals surface area contributed by atoms with E-state index in [1.807, 2.05) is 12.1 Å². The number of nitrogens with zero attached hydrogens (tertiary/aromatic N) is 1. The predicted octanol–water partition coefficient (Wildman–Crippen LogP) is 3.71. The van der Waals surface area contributed by atoms with Gasteiger partial charge < -0.3 is 10.4 Å². The number of aryl methyl sites for hydroxylation is 2. The van der Waals surface area contributed by atoms with E-state index in [4.69, 9.17) is 5.11 Å². The third-order valence-corrected chi connectivity index (χ3v) is 6.15. The van der Waals surface area contributed by atoms with Crippen molar-refractivity contribution in [3.63, 3.8) is 0 Å². The molecule has 8 nitrogen and oxygen atoms in total. The van der Waals surface area contributed by atoms with Crippen molar-refractivity contribution in [1.29, 1.82) is 0 Å². The molecular formula is C20H27N3O5S. The largest absolute Gasteiger partial charge is 0.395 e. The number of aliphatic hydroxyl groups is 1. The molecule has 0 aliphatic heterocycles. The van der Waals surface area contributed by atoms with Crippen molar-refractivity contribution in [2.75, 3.05) is 23.2 Å². The van der Waals surface area contributed by atoms with Crippen LogP contribution >= 0.6 is 0 Å². The fraction of sp³-hybridized carbons (Fsp3) is 0.400. The number of benzene rings is 2. The van der Waals surface area contributed by atoms with Crippen LogP contribution in [-0.2, 0) is 15.4 Å². The van der Waals surface area contributed by atoms with Crippen LogP contribution in [0.3, 0.4) is 0 Å². The highest BCUT2D eigenvalue weighted by Gasteiger charge is 2.25. The van der Waals surface area contributed by atoms with Gasteiger partial charge in [-0.3, -0.25) is 14.8 Å². The minimum Gasteiger partial charge on any atom is -0.395 e. The number of nitro benzene ring substituents is 1. The van der Waals surface area contributed by atoms with Gasteiger partial charge in [-0.25, -0.2) is 8.42 Å². The van der Waals surface area contributed by atoms with Gasteiger partial charge in [0.15, 0.2) is 0 Å². The standard InChI is InChI=1S/C20H27N3O5S/c1-13-10-15(20(3,4)5)11-14(2)19(13)29(27,28)22-18-12-16(23(25)26)6-7-17(18)21-8-9-24/h6-7,10-12,21-22,24H,8-9H2,1-5H3. The lowest BCUT2D eigenvalue weighted by Crippen LogP contribution is -2.19. The van der Waals surface area contributed by atoms with Gasteiger partial charge >= 0.3 is 0 Å². The van der Waals surface area contributed by atoms with E-state index in [9.17, 15) is 18.5 Å². The minimum absolute atomic E-state index is 0.0475. The molecule has 0 amide bonds. The van der Waals surface area contributed by atoms with Crippen LogP contribution in [0.2, 0.25) is 0 Å². The third-order valence-electron chi connectivity index (χ3n) is 4.48. The first-order chi connectivity index (χ1) is 13.4. The van der Waals surface area contributed by atoms with Crippen molar-refractivity contribution in [2.45, 2.75) is 44.9 Å². The van der Waals surface area contributed by atoms with Crippen LogP contribution in [0.5, 0.6) is 0 Å². The summed E-state index contributed by atoms with van der Waals surface area (Å²) in [6, 6.07) is 7.53. The van der Waals surface area contributed by atoms with E-state index >= 15 is 0 Å². The molecule has 0 bridgehead atoms. The summed E-state index contributed by atoms with van der Waals surface area (Å²) in [5.41, 5.74) is 2.23. The van der Waals surface area contributed by atoms with Crippen molar-refractivity contribution in [3.05, 3.63) is 57.1 Å². The summed E-state index contributed by atoms with van der Waals surface area (Å²) in [5, 5.41) is 23.0. The highest BCUT2D eigenvalue weighted by atomic mass is 32.2. The second-order valence-electron chi connectivity index (χ2n) is 7.93. The molecule has 0 saturated heterocycles. The predicted molar refractivity (Wildman–Crippen MR) is 114 cm³/mol. The summed E-state index contributed by atoms with van der Waals surface area (Å²) >= 11 is 0. The molecule has 3 N–H and O–H groups in total. The Morgan fingerprint density at radius 2 is 1.66 bits per heavy atom. The Labute approximate surface area is 171 Å².